The smallest absolute Gasteiger partial charge is 0.168 e. The summed E-state index contributed by atoms with van der Waals surface area (Å²) in [6.45, 7) is 3.86. The van der Waals surface area contributed by atoms with Crippen LogP contribution in [0.2, 0.25) is 5.02 Å². The van der Waals surface area contributed by atoms with E-state index in [1.807, 2.05) is 12.1 Å². The molecule has 0 radical (unpaired) electrons. The van der Waals surface area contributed by atoms with Gasteiger partial charge in [-0.25, -0.2) is 0 Å². The first kappa shape index (κ1) is 22.0. The Morgan fingerprint density at radius 1 is 0.771 bits per heavy atom. The van der Waals surface area contributed by atoms with Crippen molar-refractivity contribution in [3.63, 3.8) is 0 Å². The molecule has 4 aliphatic rings. The number of halogens is 1. The van der Waals surface area contributed by atoms with Gasteiger partial charge >= 0.3 is 0 Å². The molecule has 0 fully saturated rings. The molecule has 4 nitrogen and oxygen atoms in total. The number of hydrogen-bond acceptors (Lipinski definition) is 8. The molecule has 2 aromatic heterocycles. The molecule has 0 N–H and O–H groups in total. The van der Waals surface area contributed by atoms with Gasteiger partial charge in [-0.2, -0.15) is 0 Å². The molecule has 6 heterocycles. The van der Waals surface area contributed by atoms with Crippen LogP contribution in [0.5, 0.6) is 0 Å². The van der Waals surface area contributed by atoms with Crippen LogP contribution in [0.15, 0.2) is 74.7 Å². The maximum atomic E-state index is 6.23. The van der Waals surface area contributed by atoms with E-state index in [-0.39, 0.29) is 0 Å². The van der Waals surface area contributed by atoms with Crippen LogP contribution in [0.3, 0.4) is 0 Å². The predicted molar refractivity (Wildman–Crippen MR) is 158 cm³/mol. The fourth-order valence-corrected chi connectivity index (χ4v) is 8.81. The number of benzene rings is 2. The fourth-order valence-electron chi connectivity index (χ4n) is 4.62. The highest BCUT2D eigenvalue weighted by Gasteiger charge is 2.29. The Bertz CT molecular complexity index is 1600. The Hall–Kier alpha value is -2.23. The molecular formula is C26H19ClN4S4. The first-order valence-electron chi connectivity index (χ1n) is 11.3. The highest BCUT2D eigenvalue weighted by molar-refractivity contribution is 8.17. The van der Waals surface area contributed by atoms with Crippen molar-refractivity contribution < 1.29 is 0 Å². The van der Waals surface area contributed by atoms with Crippen LogP contribution in [-0.4, -0.2) is 46.3 Å². The van der Waals surface area contributed by atoms with Crippen molar-refractivity contribution in [2.24, 2.45) is 9.98 Å². The third kappa shape index (κ3) is 3.83. The minimum absolute atomic E-state index is 0.830. The van der Waals surface area contributed by atoms with Gasteiger partial charge in [0.25, 0.3) is 0 Å². The zero-order chi connectivity index (χ0) is 23.4. The van der Waals surface area contributed by atoms with Gasteiger partial charge in [-0.1, -0.05) is 53.3 Å². The van der Waals surface area contributed by atoms with Crippen molar-refractivity contribution in [1.29, 1.82) is 0 Å². The number of rotatable bonds is 2. The first-order valence-corrected chi connectivity index (χ1v) is 15.1. The van der Waals surface area contributed by atoms with Gasteiger partial charge < -0.3 is 9.80 Å². The largest absolute Gasteiger partial charge is 0.318 e. The molecule has 9 heteroatoms. The van der Waals surface area contributed by atoms with E-state index in [1.165, 1.54) is 36.6 Å². The lowest BCUT2D eigenvalue weighted by atomic mass is 10.1. The summed E-state index contributed by atoms with van der Waals surface area (Å²) in [5.41, 5.74) is 3.92. The number of hydrogen-bond donors (Lipinski definition) is 0. The molecule has 0 aliphatic carbocycles. The Morgan fingerprint density at radius 3 is 2.29 bits per heavy atom. The van der Waals surface area contributed by atoms with E-state index in [0.29, 0.717) is 0 Å². The molecule has 0 saturated carbocycles. The fraction of sp³-hybridized carbons (Fsp3) is 0.154. The molecular weight excluding hydrogens is 532 g/mol. The zero-order valence-electron chi connectivity index (χ0n) is 18.5. The van der Waals surface area contributed by atoms with Gasteiger partial charge in [0.05, 0.1) is 29.4 Å². The first-order chi connectivity index (χ1) is 17.3. The lowest BCUT2D eigenvalue weighted by Crippen LogP contribution is -2.19. The van der Waals surface area contributed by atoms with Gasteiger partial charge in [-0.15, -0.1) is 22.7 Å². The van der Waals surface area contributed by atoms with Crippen molar-refractivity contribution in [2.75, 3.05) is 26.2 Å². The summed E-state index contributed by atoms with van der Waals surface area (Å²) >= 11 is 13.3. The Balaban J connectivity index is 0.000000120. The summed E-state index contributed by atoms with van der Waals surface area (Å²) in [6, 6.07) is 17.0. The minimum Gasteiger partial charge on any atom is -0.318 e. The predicted octanol–water partition coefficient (Wildman–Crippen LogP) is 7.89. The topological polar surface area (TPSA) is 31.2 Å². The van der Waals surface area contributed by atoms with Crippen LogP contribution < -0.4 is 0 Å². The second-order valence-electron chi connectivity index (χ2n) is 8.27. The van der Waals surface area contributed by atoms with E-state index in [4.69, 9.17) is 11.6 Å². The summed E-state index contributed by atoms with van der Waals surface area (Å²) in [5, 5.41) is 12.2. The maximum absolute atomic E-state index is 6.23. The number of amidine groups is 2. The SMILES string of the molecule is C1=C(c2cccc3sccc23)N2CCN=C2S1.Clc1cccc2sc(C3=CSC4=NCCN34)cc12. The van der Waals surface area contributed by atoms with Gasteiger partial charge in [0.15, 0.2) is 10.3 Å². The van der Waals surface area contributed by atoms with E-state index in [9.17, 15) is 0 Å². The molecule has 0 bridgehead atoms. The van der Waals surface area contributed by atoms with Gasteiger partial charge in [-0.3, -0.25) is 9.98 Å². The van der Waals surface area contributed by atoms with E-state index in [0.717, 1.165) is 46.9 Å². The Kier molecular flexibility index (Phi) is 5.67. The average molecular weight is 551 g/mol. The molecule has 8 rings (SSSR count). The summed E-state index contributed by atoms with van der Waals surface area (Å²) < 4.78 is 2.60. The average Bonchev–Trinajstić information content (AvgIpc) is 3.67. The van der Waals surface area contributed by atoms with Crippen LogP contribution in [0, 0.1) is 0 Å². The minimum atomic E-state index is 0.830. The summed E-state index contributed by atoms with van der Waals surface area (Å²) in [4.78, 5) is 14.9. The monoisotopic (exact) mass is 550 g/mol. The summed E-state index contributed by atoms with van der Waals surface area (Å²) in [6.07, 6.45) is 0. The van der Waals surface area contributed by atoms with Crippen LogP contribution in [-0.2, 0) is 0 Å². The van der Waals surface area contributed by atoms with E-state index < -0.39 is 0 Å². The molecule has 0 atom stereocenters. The standard InChI is InChI=1S/C13H9ClN2S2.C13H10N2S2/c14-9-2-1-3-11-8(9)6-12(18-11)10-7-17-13-15-4-5-16(10)13;1-2-9(10-4-7-16-12(10)3-1)11-8-17-13-14-5-6-15(11)13/h1-3,6-7H,4-5H2;1-4,7-8H,5-6H2. The second-order valence-corrected chi connectivity index (χ2v) is 12.4. The summed E-state index contributed by atoms with van der Waals surface area (Å²) in [7, 11) is 0. The summed E-state index contributed by atoms with van der Waals surface area (Å²) in [5.74, 6) is 0. The molecule has 4 aromatic rings. The van der Waals surface area contributed by atoms with Crippen molar-refractivity contribution >= 4 is 99.7 Å². The molecule has 0 spiro atoms. The van der Waals surface area contributed by atoms with Gasteiger partial charge in [0, 0.05) is 54.7 Å². The number of fused-ring (bicyclic) bond motifs is 4. The highest BCUT2D eigenvalue weighted by atomic mass is 35.5. The van der Waals surface area contributed by atoms with Crippen LogP contribution in [0.4, 0.5) is 0 Å². The highest BCUT2D eigenvalue weighted by Crippen LogP contribution is 2.41. The number of aliphatic imine (C=N–C) groups is 2. The van der Waals surface area contributed by atoms with Crippen LogP contribution in [0.1, 0.15) is 10.4 Å². The van der Waals surface area contributed by atoms with Gasteiger partial charge in [0.1, 0.15) is 0 Å². The van der Waals surface area contributed by atoms with Crippen LogP contribution >= 0.6 is 57.8 Å². The van der Waals surface area contributed by atoms with E-state index >= 15 is 0 Å². The Labute approximate surface area is 224 Å². The number of thioether (sulfide) groups is 2. The van der Waals surface area contributed by atoms with Crippen molar-refractivity contribution in [3.8, 4) is 0 Å². The van der Waals surface area contributed by atoms with Crippen molar-refractivity contribution in [3.05, 3.63) is 80.2 Å². The van der Waals surface area contributed by atoms with E-state index in [1.54, 1.807) is 46.2 Å². The quantitative estimate of drug-likeness (QED) is 0.254. The molecule has 0 unspecified atom stereocenters. The lowest BCUT2D eigenvalue weighted by Gasteiger charge is -2.17. The zero-order valence-corrected chi connectivity index (χ0v) is 22.5. The molecule has 0 saturated heterocycles. The van der Waals surface area contributed by atoms with Gasteiger partial charge in [0.2, 0.25) is 0 Å². The van der Waals surface area contributed by atoms with Gasteiger partial charge in [-0.05, 0) is 35.7 Å². The Morgan fingerprint density at radius 2 is 1.49 bits per heavy atom. The number of thiophene rings is 2. The molecule has 0 amide bonds. The van der Waals surface area contributed by atoms with E-state index in [2.05, 4.69) is 72.4 Å². The molecule has 4 aliphatic heterocycles. The normalized spacial score (nSPS) is 18.3. The molecule has 2 aromatic carbocycles. The molecule has 35 heavy (non-hydrogen) atoms. The molecule has 174 valence electrons. The van der Waals surface area contributed by atoms with Crippen LogP contribution in [0.25, 0.3) is 31.6 Å². The lowest BCUT2D eigenvalue weighted by molar-refractivity contribution is 0.650. The number of nitrogens with zero attached hydrogens (tertiary/aromatic N) is 4. The third-order valence-corrected chi connectivity index (χ3v) is 10.4. The second kappa shape index (κ2) is 9.01. The maximum Gasteiger partial charge on any atom is 0.168 e. The van der Waals surface area contributed by atoms with Crippen molar-refractivity contribution in [2.45, 2.75) is 0 Å². The van der Waals surface area contributed by atoms with Crippen molar-refractivity contribution in [1.82, 2.24) is 9.80 Å². The third-order valence-electron chi connectivity index (χ3n) is 6.27.